The molecule has 0 aromatic heterocycles. The number of Topliss-reactive ketones (excluding diaryl/α,β-unsaturated/α-hetero) is 1. The zero-order valence-electron chi connectivity index (χ0n) is 22.1. The molecule has 192 valence electrons. The van der Waals surface area contributed by atoms with Crippen molar-refractivity contribution in [2.24, 2.45) is 34.5 Å². The minimum atomic E-state index is -0.269. The van der Waals surface area contributed by atoms with Crippen molar-refractivity contribution >= 4 is 17.7 Å². The lowest BCUT2D eigenvalue weighted by atomic mass is 9.47. The molecule has 1 saturated heterocycles. The molecule has 0 radical (unpaired) electrons. The monoisotopic (exact) mass is 482 g/mol. The van der Waals surface area contributed by atoms with Crippen LogP contribution in [-0.4, -0.2) is 66.8 Å². The van der Waals surface area contributed by atoms with Crippen molar-refractivity contribution < 1.29 is 19.1 Å². The summed E-state index contributed by atoms with van der Waals surface area (Å²) in [5.41, 5.74) is 0.723. The maximum absolute atomic E-state index is 13.5. The van der Waals surface area contributed by atoms with Gasteiger partial charge in [-0.2, -0.15) is 0 Å². The number of likely N-dealkylation sites (tertiary alicyclic amines) is 1. The summed E-state index contributed by atoms with van der Waals surface area (Å²) in [6.07, 6.45) is 11.7. The summed E-state index contributed by atoms with van der Waals surface area (Å²) in [6, 6.07) is 0.197. The first-order valence-corrected chi connectivity index (χ1v) is 13.6. The van der Waals surface area contributed by atoms with Crippen LogP contribution >= 0.6 is 0 Å². The first kappa shape index (κ1) is 24.7. The summed E-state index contributed by atoms with van der Waals surface area (Å²) < 4.78 is 6.46. The number of carbonyl (C=O) groups is 3. The Balaban J connectivity index is 1.47. The molecule has 0 spiro atoms. The second-order valence-electron chi connectivity index (χ2n) is 12.6. The number of nitrogens with zero attached hydrogens (tertiary/aromatic N) is 2. The third-order valence-corrected chi connectivity index (χ3v) is 10.7. The van der Waals surface area contributed by atoms with Crippen molar-refractivity contribution in [2.75, 3.05) is 27.2 Å². The second kappa shape index (κ2) is 8.86. The molecule has 2 saturated carbocycles. The lowest BCUT2D eigenvalue weighted by Crippen LogP contribution is -2.57. The number of hydrogen-bond donors (Lipinski definition) is 0. The average Bonchev–Trinajstić information content (AvgIpc) is 3.16. The molecule has 0 aromatic rings. The maximum Gasteiger partial charge on any atom is 0.410 e. The summed E-state index contributed by atoms with van der Waals surface area (Å²) in [7, 11) is 4.00. The van der Waals surface area contributed by atoms with E-state index in [-0.39, 0.29) is 58.4 Å². The van der Waals surface area contributed by atoms with Crippen molar-refractivity contribution in [3.8, 4) is 0 Å². The Labute approximate surface area is 210 Å². The molecular weight excluding hydrogens is 440 g/mol. The zero-order valence-corrected chi connectivity index (χ0v) is 22.1. The Kier molecular flexibility index (Phi) is 6.26. The molecule has 3 fully saturated rings. The normalized spacial score (nSPS) is 41.5. The van der Waals surface area contributed by atoms with Crippen LogP contribution in [0.4, 0.5) is 4.79 Å². The molecule has 1 aliphatic heterocycles. The van der Waals surface area contributed by atoms with Crippen molar-refractivity contribution in [2.45, 2.75) is 77.9 Å². The topological polar surface area (TPSA) is 66.9 Å². The Hall–Kier alpha value is -1.95. The highest BCUT2D eigenvalue weighted by atomic mass is 16.6. The molecule has 5 rings (SSSR count). The molecule has 4 aliphatic carbocycles. The highest BCUT2D eigenvalue weighted by Gasteiger charge is 2.63. The van der Waals surface area contributed by atoms with Gasteiger partial charge < -0.3 is 14.5 Å². The predicted molar refractivity (Wildman–Crippen MR) is 135 cm³/mol. The molecule has 0 unspecified atom stereocenters. The van der Waals surface area contributed by atoms with E-state index in [1.54, 1.807) is 6.92 Å². The number of carbonyl (C=O) groups excluding carboxylic acids is 3. The van der Waals surface area contributed by atoms with Gasteiger partial charge in [0.05, 0.1) is 0 Å². The van der Waals surface area contributed by atoms with Gasteiger partial charge in [-0.3, -0.25) is 9.59 Å². The summed E-state index contributed by atoms with van der Waals surface area (Å²) in [4.78, 5) is 42.6. The third-order valence-electron chi connectivity index (χ3n) is 10.7. The minimum absolute atomic E-state index is 0.0207. The van der Waals surface area contributed by atoms with Crippen LogP contribution in [0.15, 0.2) is 23.8 Å². The number of amides is 1. The number of fused-ring (bicyclic) bond motifs is 5. The van der Waals surface area contributed by atoms with E-state index in [1.165, 1.54) is 0 Å². The molecule has 35 heavy (non-hydrogen) atoms. The lowest BCUT2D eigenvalue weighted by molar-refractivity contribution is -0.136. The maximum atomic E-state index is 13.5. The van der Waals surface area contributed by atoms with E-state index in [1.807, 2.05) is 18.0 Å². The zero-order chi connectivity index (χ0) is 25.1. The molecule has 0 aromatic carbocycles. The van der Waals surface area contributed by atoms with Crippen LogP contribution in [0.5, 0.6) is 0 Å². The van der Waals surface area contributed by atoms with Gasteiger partial charge in [-0.15, -0.1) is 0 Å². The van der Waals surface area contributed by atoms with Crippen molar-refractivity contribution in [3.05, 3.63) is 23.8 Å². The molecular formula is C29H42N2O4. The van der Waals surface area contributed by atoms with Crippen LogP contribution < -0.4 is 0 Å². The molecule has 7 atom stereocenters. The van der Waals surface area contributed by atoms with E-state index in [2.05, 4.69) is 37.9 Å². The Morgan fingerprint density at radius 2 is 1.86 bits per heavy atom. The van der Waals surface area contributed by atoms with Gasteiger partial charge >= 0.3 is 6.09 Å². The Bertz CT molecular complexity index is 964. The van der Waals surface area contributed by atoms with Gasteiger partial charge in [0.1, 0.15) is 11.9 Å². The SMILES string of the molecule is CC(=O)[C@H]1CC[C@H]2[C@@H]3C=CC4=CC(=O)CC[C@@]4(C)[C@@H]3[C@@H](OC(=O)N(C)C3CCN(C)CC3)C[C@]12C. The smallest absolute Gasteiger partial charge is 0.410 e. The fourth-order valence-electron chi connectivity index (χ4n) is 8.61. The van der Waals surface area contributed by atoms with Crippen LogP contribution in [0, 0.1) is 34.5 Å². The van der Waals surface area contributed by atoms with Gasteiger partial charge in [0.25, 0.3) is 0 Å². The van der Waals surface area contributed by atoms with E-state index >= 15 is 0 Å². The standard InChI is InChI=1S/C29H42N2O4/c1-18(32)23-8-9-24-22-7-6-19-16-21(33)10-13-28(19,2)26(22)25(17-29(23,24)3)35-27(34)31(5)20-11-14-30(4)15-12-20/h6-7,16,20,22-26H,8-15,17H2,1-5H3/t22-,23+,24-,25-,26-,28+,29+/m0/s1. The Morgan fingerprint density at radius 1 is 1.14 bits per heavy atom. The molecule has 5 aliphatic rings. The quantitative estimate of drug-likeness (QED) is 0.586. The average molecular weight is 483 g/mol. The van der Waals surface area contributed by atoms with E-state index in [0.29, 0.717) is 12.3 Å². The number of allylic oxidation sites excluding steroid dienone is 4. The second-order valence-corrected chi connectivity index (χ2v) is 12.6. The van der Waals surface area contributed by atoms with Crippen molar-refractivity contribution in [3.63, 3.8) is 0 Å². The molecule has 0 N–H and O–H groups in total. The number of ketones is 2. The van der Waals surface area contributed by atoms with Crippen LogP contribution in [0.2, 0.25) is 0 Å². The summed E-state index contributed by atoms with van der Waals surface area (Å²) in [5.74, 6) is 1.25. The first-order valence-electron chi connectivity index (χ1n) is 13.6. The summed E-state index contributed by atoms with van der Waals surface area (Å²) in [5, 5.41) is 0. The van der Waals surface area contributed by atoms with Gasteiger partial charge in [0.15, 0.2) is 5.78 Å². The van der Waals surface area contributed by atoms with E-state index < -0.39 is 0 Å². The highest BCUT2D eigenvalue weighted by molar-refractivity contribution is 5.92. The molecule has 6 nitrogen and oxygen atoms in total. The van der Waals surface area contributed by atoms with Crippen LogP contribution in [0.3, 0.4) is 0 Å². The van der Waals surface area contributed by atoms with Gasteiger partial charge in [-0.05, 0) is 99.9 Å². The Morgan fingerprint density at radius 3 is 2.54 bits per heavy atom. The van der Waals surface area contributed by atoms with Crippen LogP contribution in [-0.2, 0) is 14.3 Å². The van der Waals surface area contributed by atoms with E-state index in [0.717, 1.165) is 57.2 Å². The lowest BCUT2D eigenvalue weighted by Gasteiger charge is -2.58. The number of hydrogen-bond acceptors (Lipinski definition) is 5. The fraction of sp³-hybridized carbons (Fsp3) is 0.759. The number of ether oxygens (including phenoxy) is 1. The summed E-state index contributed by atoms with van der Waals surface area (Å²) in [6.45, 7) is 8.24. The third kappa shape index (κ3) is 4.00. The van der Waals surface area contributed by atoms with Gasteiger partial charge in [-0.1, -0.05) is 26.0 Å². The first-order chi connectivity index (χ1) is 16.5. The fourth-order valence-corrected chi connectivity index (χ4v) is 8.61. The van der Waals surface area contributed by atoms with Crippen molar-refractivity contribution in [1.82, 2.24) is 9.80 Å². The van der Waals surface area contributed by atoms with Gasteiger partial charge in [0.2, 0.25) is 0 Å². The van der Waals surface area contributed by atoms with E-state index in [9.17, 15) is 14.4 Å². The molecule has 0 bridgehead atoms. The molecule has 1 heterocycles. The van der Waals surface area contributed by atoms with Gasteiger partial charge in [0, 0.05) is 31.3 Å². The van der Waals surface area contributed by atoms with Crippen LogP contribution in [0.1, 0.15) is 65.7 Å². The minimum Gasteiger partial charge on any atom is -0.446 e. The summed E-state index contributed by atoms with van der Waals surface area (Å²) >= 11 is 0. The molecule has 6 heteroatoms. The van der Waals surface area contributed by atoms with Crippen LogP contribution in [0.25, 0.3) is 0 Å². The largest absolute Gasteiger partial charge is 0.446 e. The highest BCUT2D eigenvalue weighted by Crippen LogP contribution is 2.65. The predicted octanol–water partition coefficient (Wildman–Crippen LogP) is 4.64. The van der Waals surface area contributed by atoms with E-state index in [4.69, 9.17) is 4.74 Å². The van der Waals surface area contributed by atoms with Gasteiger partial charge in [-0.25, -0.2) is 4.79 Å². The van der Waals surface area contributed by atoms with Crippen molar-refractivity contribution in [1.29, 1.82) is 0 Å². The number of piperidine rings is 1. The number of rotatable bonds is 3. The molecule has 1 amide bonds.